The van der Waals surface area contributed by atoms with Gasteiger partial charge in [-0.25, -0.2) is 9.97 Å². The molecule has 0 bridgehead atoms. The maximum absolute atomic E-state index is 4.62. The maximum atomic E-state index is 4.62. The average Bonchev–Trinajstić information content (AvgIpc) is 2.17. The molecule has 0 aromatic carbocycles. The summed E-state index contributed by atoms with van der Waals surface area (Å²) in [6.07, 6.45) is 2.89. The molecule has 16 heavy (non-hydrogen) atoms. The highest BCUT2D eigenvalue weighted by Gasteiger charge is 2.11. The van der Waals surface area contributed by atoms with E-state index in [1.54, 1.807) is 0 Å². The zero-order valence-corrected chi connectivity index (χ0v) is 11.1. The SMILES string of the molecule is CCN(c1nccc(CC(C)C)n1)C(C)C. The van der Waals surface area contributed by atoms with Crippen LogP contribution in [-0.2, 0) is 6.42 Å². The van der Waals surface area contributed by atoms with Gasteiger partial charge < -0.3 is 4.90 Å². The van der Waals surface area contributed by atoms with Crippen LogP contribution >= 0.6 is 0 Å². The van der Waals surface area contributed by atoms with E-state index in [0.717, 1.165) is 24.6 Å². The van der Waals surface area contributed by atoms with Crippen LogP contribution in [0.1, 0.15) is 40.3 Å². The molecule has 0 aliphatic carbocycles. The van der Waals surface area contributed by atoms with E-state index in [9.17, 15) is 0 Å². The minimum absolute atomic E-state index is 0.444. The van der Waals surface area contributed by atoms with Crippen LogP contribution in [0.15, 0.2) is 12.3 Å². The largest absolute Gasteiger partial charge is 0.339 e. The Balaban J connectivity index is 2.88. The van der Waals surface area contributed by atoms with Gasteiger partial charge in [-0.3, -0.25) is 0 Å². The van der Waals surface area contributed by atoms with Crippen LogP contribution < -0.4 is 4.90 Å². The Kier molecular flexibility index (Phi) is 4.71. The van der Waals surface area contributed by atoms with Crippen molar-refractivity contribution in [3.8, 4) is 0 Å². The van der Waals surface area contributed by atoms with Crippen molar-refractivity contribution in [2.24, 2.45) is 5.92 Å². The summed E-state index contributed by atoms with van der Waals surface area (Å²) in [5.41, 5.74) is 1.14. The van der Waals surface area contributed by atoms with Crippen LogP contribution in [0.25, 0.3) is 0 Å². The molecule has 0 spiro atoms. The van der Waals surface area contributed by atoms with Gasteiger partial charge >= 0.3 is 0 Å². The fourth-order valence-corrected chi connectivity index (χ4v) is 1.79. The molecule has 1 rings (SSSR count). The smallest absolute Gasteiger partial charge is 0.225 e. The predicted octanol–water partition coefficient (Wildman–Crippen LogP) is 2.91. The molecule has 0 aliphatic heterocycles. The minimum Gasteiger partial charge on any atom is -0.339 e. The summed E-state index contributed by atoms with van der Waals surface area (Å²) in [6.45, 7) is 11.8. The van der Waals surface area contributed by atoms with Gasteiger partial charge in [-0.15, -0.1) is 0 Å². The molecule has 0 N–H and O–H groups in total. The molecule has 0 amide bonds. The van der Waals surface area contributed by atoms with Crippen molar-refractivity contribution in [2.45, 2.75) is 47.1 Å². The summed E-state index contributed by atoms with van der Waals surface area (Å²) < 4.78 is 0. The van der Waals surface area contributed by atoms with Crippen molar-refractivity contribution >= 4 is 5.95 Å². The molecule has 0 atom stereocenters. The standard InChI is InChI=1S/C13H23N3/c1-6-16(11(4)5)13-14-8-7-12(15-13)9-10(2)3/h7-8,10-11H,6,9H2,1-5H3. The summed E-state index contributed by atoms with van der Waals surface area (Å²) in [7, 11) is 0. The Bertz CT molecular complexity index is 321. The zero-order chi connectivity index (χ0) is 12.1. The van der Waals surface area contributed by atoms with E-state index in [2.05, 4.69) is 49.5 Å². The first-order valence-corrected chi connectivity index (χ1v) is 6.13. The Labute approximate surface area is 98.9 Å². The lowest BCUT2D eigenvalue weighted by Crippen LogP contribution is -2.32. The third-order valence-electron chi connectivity index (χ3n) is 2.54. The van der Waals surface area contributed by atoms with Crippen molar-refractivity contribution in [1.82, 2.24) is 9.97 Å². The lowest BCUT2D eigenvalue weighted by atomic mass is 10.1. The molecule has 90 valence electrons. The van der Waals surface area contributed by atoms with Gasteiger partial charge in [0.1, 0.15) is 0 Å². The quantitative estimate of drug-likeness (QED) is 0.765. The van der Waals surface area contributed by atoms with Gasteiger partial charge in [0.2, 0.25) is 5.95 Å². The van der Waals surface area contributed by atoms with Crippen LogP contribution in [0, 0.1) is 5.92 Å². The number of rotatable bonds is 5. The van der Waals surface area contributed by atoms with Gasteiger partial charge in [0.15, 0.2) is 0 Å². The molecule has 1 heterocycles. The Morgan fingerprint density at radius 1 is 1.25 bits per heavy atom. The fourth-order valence-electron chi connectivity index (χ4n) is 1.79. The van der Waals surface area contributed by atoms with E-state index in [-0.39, 0.29) is 0 Å². The number of anilines is 1. The van der Waals surface area contributed by atoms with Crippen LogP contribution in [0.5, 0.6) is 0 Å². The van der Waals surface area contributed by atoms with Gasteiger partial charge in [0.25, 0.3) is 0 Å². The molecule has 0 fully saturated rings. The summed E-state index contributed by atoms with van der Waals surface area (Å²) in [5, 5.41) is 0. The Morgan fingerprint density at radius 3 is 2.44 bits per heavy atom. The molecule has 0 unspecified atom stereocenters. The summed E-state index contributed by atoms with van der Waals surface area (Å²) >= 11 is 0. The molecule has 3 nitrogen and oxygen atoms in total. The zero-order valence-electron chi connectivity index (χ0n) is 11.1. The number of nitrogens with zero attached hydrogens (tertiary/aromatic N) is 3. The Hall–Kier alpha value is -1.12. The van der Waals surface area contributed by atoms with Gasteiger partial charge in [0, 0.05) is 24.5 Å². The van der Waals surface area contributed by atoms with Gasteiger partial charge in [0.05, 0.1) is 0 Å². The van der Waals surface area contributed by atoms with Crippen molar-refractivity contribution < 1.29 is 0 Å². The lowest BCUT2D eigenvalue weighted by molar-refractivity contribution is 0.626. The summed E-state index contributed by atoms with van der Waals surface area (Å²) in [6, 6.07) is 2.46. The van der Waals surface area contributed by atoms with E-state index in [1.807, 2.05) is 12.3 Å². The van der Waals surface area contributed by atoms with Crippen molar-refractivity contribution in [3.63, 3.8) is 0 Å². The molecule has 1 aromatic heterocycles. The van der Waals surface area contributed by atoms with Crippen LogP contribution in [0.4, 0.5) is 5.95 Å². The van der Waals surface area contributed by atoms with Crippen molar-refractivity contribution in [3.05, 3.63) is 18.0 Å². The highest BCUT2D eigenvalue weighted by Crippen LogP contribution is 2.12. The van der Waals surface area contributed by atoms with E-state index < -0.39 is 0 Å². The van der Waals surface area contributed by atoms with Crippen LogP contribution in [0.2, 0.25) is 0 Å². The van der Waals surface area contributed by atoms with Gasteiger partial charge in [-0.2, -0.15) is 0 Å². The summed E-state index contributed by atoms with van der Waals surface area (Å²) in [5.74, 6) is 1.49. The molecule has 0 radical (unpaired) electrons. The number of hydrogen-bond donors (Lipinski definition) is 0. The second-order valence-electron chi connectivity index (χ2n) is 4.83. The monoisotopic (exact) mass is 221 g/mol. The van der Waals surface area contributed by atoms with Gasteiger partial charge in [-0.05, 0) is 39.2 Å². The second kappa shape index (κ2) is 5.83. The van der Waals surface area contributed by atoms with Gasteiger partial charge in [-0.1, -0.05) is 13.8 Å². The molecule has 3 heteroatoms. The lowest BCUT2D eigenvalue weighted by Gasteiger charge is -2.25. The molecule has 0 saturated carbocycles. The molecule has 1 aromatic rings. The average molecular weight is 221 g/mol. The maximum Gasteiger partial charge on any atom is 0.225 e. The first-order valence-electron chi connectivity index (χ1n) is 6.13. The second-order valence-corrected chi connectivity index (χ2v) is 4.83. The van der Waals surface area contributed by atoms with E-state index in [4.69, 9.17) is 0 Å². The third-order valence-corrected chi connectivity index (χ3v) is 2.54. The molecule has 0 saturated heterocycles. The first kappa shape index (κ1) is 12.9. The van der Waals surface area contributed by atoms with Crippen LogP contribution in [-0.4, -0.2) is 22.6 Å². The molecule has 0 aliphatic rings. The number of aromatic nitrogens is 2. The van der Waals surface area contributed by atoms with E-state index in [1.165, 1.54) is 0 Å². The Morgan fingerprint density at radius 2 is 1.94 bits per heavy atom. The normalized spacial score (nSPS) is 11.2. The third kappa shape index (κ3) is 3.47. The topological polar surface area (TPSA) is 29.0 Å². The minimum atomic E-state index is 0.444. The van der Waals surface area contributed by atoms with Crippen molar-refractivity contribution in [2.75, 3.05) is 11.4 Å². The fraction of sp³-hybridized carbons (Fsp3) is 0.692. The molecular formula is C13H23N3. The highest BCUT2D eigenvalue weighted by molar-refractivity contribution is 5.31. The number of hydrogen-bond acceptors (Lipinski definition) is 3. The van der Waals surface area contributed by atoms with E-state index >= 15 is 0 Å². The summed E-state index contributed by atoms with van der Waals surface area (Å²) in [4.78, 5) is 11.2. The van der Waals surface area contributed by atoms with Crippen LogP contribution in [0.3, 0.4) is 0 Å². The molecular weight excluding hydrogens is 198 g/mol. The van der Waals surface area contributed by atoms with Crippen molar-refractivity contribution in [1.29, 1.82) is 0 Å². The highest BCUT2D eigenvalue weighted by atomic mass is 15.3. The first-order chi connectivity index (χ1) is 7.54. The predicted molar refractivity (Wildman–Crippen MR) is 68.7 cm³/mol. The van der Waals surface area contributed by atoms with E-state index in [0.29, 0.717) is 12.0 Å².